The Hall–Kier alpha value is -1.78. The molecule has 2 amide bonds. The summed E-state index contributed by atoms with van der Waals surface area (Å²) in [5.74, 6) is 0.455. The first kappa shape index (κ1) is 14.2. The van der Waals surface area contributed by atoms with Crippen molar-refractivity contribution in [3.05, 3.63) is 24.0 Å². The Bertz CT molecular complexity index is 531. The quantitative estimate of drug-likeness (QED) is 0.914. The predicted octanol–water partition coefficient (Wildman–Crippen LogP) is 1.55. The highest BCUT2D eigenvalue weighted by Gasteiger charge is 2.35. The second-order valence-electron chi connectivity index (χ2n) is 6.27. The number of aromatic nitrogens is 1. The van der Waals surface area contributed by atoms with E-state index in [1.165, 1.54) is 12.8 Å². The lowest BCUT2D eigenvalue weighted by Gasteiger charge is -2.24. The molecule has 2 fully saturated rings. The van der Waals surface area contributed by atoms with Crippen molar-refractivity contribution in [2.75, 3.05) is 13.1 Å². The smallest absolute Gasteiger partial charge is 0.267 e. The zero-order valence-electron chi connectivity index (χ0n) is 12.5. The van der Waals surface area contributed by atoms with Crippen LogP contribution in [-0.2, 0) is 11.8 Å². The molecule has 21 heavy (non-hydrogen) atoms. The third-order valence-electron chi connectivity index (χ3n) is 4.73. The Morgan fingerprint density at radius 2 is 2.14 bits per heavy atom. The van der Waals surface area contributed by atoms with Crippen LogP contribution in [0.4, 0.5) is 0 Å². The van der Waals surface area contributed by atoms with Crippen molar-refractivity contribution in [2.45, 2.75) is 38.1 Å². The first-order valence-electron chi connectivity index (χ1n) is 7.84. The second-order valence-corrected chi connectivity index (χ2v) is 6.27. The maximum Gasteiger partial charge on any atom is 0.267 e. The van der Waals surface area contributed by atoms with E-state index in [4.69, 9.17) is 0 Å². The van der Waals surface area contributed by atoms with Crippen molar-refractivity contribution in [2.24, 2.45) is 13.0 Å². The number of amides is 2. The van der Waals surface area contributed by atoms with Gasteiger partial charge in [-0.25, -0.2) is 0 Å². The van der Waals surface area contributed by atoms with Gasteiger partial charge in [0.2, 0.25) is 5.91 Å². The molecule has 1 unspecified atom stereocenters. The van der Waals surface area contributed by atoms with E-state index in [0.717, 1.165) is 19.4 Å². The predicted molar refractivity (Wildman–Crippen MR) is 79.8 cm³/mol. The standard InChI is InChI=1S/C16H23N3O2/c1-18-8-4-7-14(18)16(21)17-10-12-9-15(20)19(11-12)13-5-2-3-6-13/h4,7-8,12-13H,2-3,5-6,9-11H2,1H3,(H,17,21). The highest BCUT2D eigenvalue weighted by atomic mass is 16.2. The van der Waals surface area contributed by atoms with Crippen LogP contribution in [0.3, 0.4) is 0 Å². The number of carbonyl (C=O) groups is 2. The highest BCUT2D eigenvalue weighted by molar-refractivity contribution is 5.92. The molecule has 5 heteroatoms. The average Bonchev–Trinajstić information content (AvgIpc) is 3.16. The number of nitrogens with one attached hydrogen (secondary N) is 1. The van der Waals surface area contributed by atoms with Gasteiger partial charge in [0.25, 0.3) is 5.91 Å². The molecule has 5 nitrogen and oxygen atoms in total. The third kappa shape index (κ3) is 2.96. The molecule has 0 radical (unpaired) electrons. The molecule has 1 N–H and O–H groups in total. The first-order chi connectivity index (χ1) is 10.1. The molecule has 114 valence electrons. The summed E-state index contributed by atoms with van der Waals surface area (Å²) in [6, 6.07) is 4.11. The van der Waals surface area contributed by atoms with Crippen LogP contribution in [0.1, 0.15) is 42.6 Å². The van der Waals surface area contributed by atoms with E-state index in [1.54, 1.807) is 10.6 Å². The van der Waals surface area contributed by atoms with Gasteiger partial charge in [0, 0.05) is 44.7 Å². The summed E-state index contributed by atoms with van der Waals surface area (Å²) in [6.07, 6.45) is 7.20. The minimum absolute atomic E-state index is 0.0609. The lowest BCUT2D eigenvalue weighted by molar-refractivity contribution is -0.129. The fraction of sp³-hybridized carbons (Fsp3) is 0.625. The van der Waals surface area contributed by atoms with Crippen molar-refractivity contribution in [3.8, 4) is 0 Å². The van der Waals surface area contributed by atoms with Crippen LogP contribution in [0.2, 0.25) is 0 Å². The topological polar surface area (TPSA) is 54.3 Å². The van der Waals surface area contributed by atoms with Crippen LogP contribution in [0, 0.1) is 5.92 Å². The van der Waals surface area contributed by atoms with Gasteiger partial charge in [-0.05, 0) is 25.0 Å². The number of likely N-dealkylation sites (tertiary alicyclic amines) is 1. The molecule has 1 saturated carbocycles. The maximum absolute atomic E-state index is 12.1. The van der Waals surface area contributed by atoms with Gasteiger partial charge in [-0.3, -0.25) is 9.59 Å². The van der Waals surface area contributed by atoms with E-state index in [1.807, 2.05) is 24.2 Å². The molecule has 2 heterocycles. The fourth-order valence-corrected chi connectivity index (χ4v) is 3.54. The lowest BCUT2D eigenvalue weighted by Crippen LogP contribution is -2.36. The summed E-state index contributed by atoms with van der Waals surface area (Å²) in [4.78, 5) is 26.2. The number of hydrogen-bond donors (Lipinski definition) is 1. The van der Waals surface area contributed by atoms with E-state index in [0.29, 0.717) is 24.7 Å². The minimum atomic E-state index is -0.0609. The minimum Gasteiger partial charge on any atom is -0.350 e. The van der Waals surface area contributed by atoms with Crippen LogP contribution < -0.4 is 5.32 Å². The van der Waals surface area contributed by atoms with E-state index < -0.39 is 0 Å². The van der Waals surface area contributed by atoms with Gasteiger partial charge in [-0.2, -0.15) is 0 Å². The maximum atomic E-state index is 12.1. The largest absolute Gasteiger partial charge is 0.350 e. The highest BCUT2D eigenvalue weighted by Crippen LogP contribution is 2.29. The van der Waals surface area contributed by atoms with Gasteiger partial charge < -0.3 is 14.8 Å². The summed E-state index contributed by atoms with van der Waals surface area (Å²) in [5.41, 5.74) is 0.659. The molecule has 0 bridgehead atoms. The van der Waals surface area contributed by atoms with Crippen LogP contribution in [0.15, 0.2) is 18.3 Å². The molecule has 1 saturated heterocycles. The summed E-state index contributed by atoms with van der Waals surface area (Å²) < 4.78 is 1.81. The zero-order valence-corrected chi connectivity index (χ0v) is 12.5. The molecular weight excluding hydrogens is 266 g/mol. The van der Waals surface area contributed by atoms with Gasteiger partial charge in [0.15, 0.2) is 0 Å². The molecule has 0 spiro atoms. The summed E-state index contributed by atoms with van der Waals surface area (Å²) >= 11 is 0. The Kier molecular flexibility index (Phi) is 3.99. The number of nitrogens with zero attached hydrogens (tertiary/aromatic N) is 2. The summed E-state index contributed by atoms with van der Waals surface area (Å²) in [6.45, 7) is 1.38. The molecule has 1 aromatic rings. The number of hydrogen-bond acceptors (Lipinski definition) is 2. The van der Waals surface area contributed by atoms with Gasteiger partial charge >= 0.3 is 0 Å². The van der Waals surface area contributed by atoms with Gasteiger partial charge in [0.1, 0.15) is 5.69 Å². The van der Waals surface area contributed by atoms with Crippen molar-refractivity contribution in [1.82, 2.24) is 14.8 Å². The Balaban J connectivity index is 1.51. The van der Waals surface area contributed by atoms with Crippen molar-refractivity contribution < 1.29 is 9.59 Å². The number of rotatable bonds is 4. The molecule has 1 aliphatic heterocycles. The van der Waals surface area contributed by atoms with Crippen molar-refractivity contribution >= 4 is 11.8 Å². The van der Waals surface area contributed by atoms with E-state index >= 15 is 0 Å². The van der Waals surface area contributed by atoms with Gasteiger partial charge in [-0.15, -0.1) is 0 Å². The average molecular weight is 289 g/mol. The van der Waals surface area contributed by atoms with Crippen molar-refractivity contribution in [1.29, 1.82) is 0 Å². The van der Waals surface area contributed by atoms with Crippen LogP contribution >= 0.6 is 0 Å². The van der Waals surface area contributed by atoms with Gasteiger partial charge in [-0.1, -0.05) is 12.8 Å². The Morgan fingerprint density at radius 3 is 2.81 bits per heavy atom. The van der Waals surface area contributed by atoms with E-state index in [-0.39, 0.29) is 17.7 Å². The van der Waals surface area contributed by atoms with E-state index in [2.05, 4.69) is 5.32 Å². The zero-order chi connectivity index (χ0) is 14.8. The summed E-state index contributed by atoms with van der Waals surface area (Å²) in [7, 11) is 1.86. The van der Waals surface area contributed by atoms with Crippen LogP contribution in [0.25, 0.3) is 0 Å². The Morgan fingerprint density at radius 1 is 1.38 bits per heavy atom. The normalized spacial score (nSPS) is 23.0. The SMILES string of the molecule is Cn1cccc1C(=O)NCC1CC(=O)N(C2CCCC2)C1. The number of carbonyl (C=O) groups excluding carboxylic acids is 2. The molecule has 3 rings (SSSR count). The van der Waals surface area contributed by atoms with Gasteiger partial charge in [0.05, 0.1) is 0 Å². The van der Waals surface area contributed by atoms with Crippen LogP contribution in [-0.4, -0.2) is 40.4 Å². The molecule has 1 aromatic heterocycles. The molecule has 1 aliphatic carbocycles. The molecular formula is C16H23N3O2. The second kappa shape index (κ2) is 5.92. The first-order valence-corrected chi connectivity index (χ1v) is 7.84. The van der Waals surface area contributed by atoms with Crippen molar-refractivity contribution in [3.63, 3.8) is 0 Å². The monoisotopic (exact) mass is 289 g/mol. The Labute approximate surface area is 125 Å². The molecule has 2 aliphatic rings. The molecule has 1 atom stereocenters. The third-order valence-corrected chi connectivity index (χ3v) is 4.73. The summed E-state index contributed by atoms with van der Waals surface area (Å²) in [5, 5.41) is 2.96. The fourth-order valence-electron chi connectivity index (χ4n) is 3.54. The van der Waals surface area contributed by atoms with E-state index in [9.17, 15) is 9.59 Å². The number of aryl methyl sites for hydroxylation is 1. The lowest BCUT2D eigenvalue weighted by atomic mass is 10.1. The van der Waals surface area contributed by atoms with Crippen LogP contribution in [0.5, 0.6) is 0 Å². The molecule has 0 aromatic carbocycles.